The van der Waals surface area contributed by atoms with E-state index in [1.807, 2.05) is 43.3 Å². The highest BCUT2D eigenvalue weighted by Crippen LogP contribution is 2.20. The first-order chi connectivity index (χ1) is 8.74. The SMILES string of the molecule is Cc1cc(C(=O)NC2CC2)n(-c2ccccc2)n1. The molecular weight excluding hydrogens is 226 g/mol. The number of para-hydroxylation sites is 1. The number of carbonyl (C=O) groups is 1. The van der Waals surface area contributed by atoms with Gasteiger partial charge in [-0.15, -0.1) is 0 Å². The summed E-state index contributed by atoms with van der Waals surface area (Å²) in [6, 6.07) is 11.9. The molecule has 0 atom stereocenters. The van der Waals surface area contributed by atoms with Crippen molar-refractivity contribution in [2.24, 2.45) is 0 Å². The van der Waals surface area contributed by atoms with Crippen LogP contribution in [0.4, 0.5) is 0 Å². The Balaban J connectivity index is 1.96. The van der Waals surface area contributed by atoms with Gasteiger partial charge in [0, 0.05) is 6.04 Å². The summed E-state index contributed by atoms with van der Waals surface area (Å²) in [5.41, 5.74) is 2.36. The first-order valence-corrected chi connectivity index (χ1v) is 6.17. The summed E-state index contributed by atoms with van der Waals surface area (Å²) in [7, 11) is 0. The molecular formula is C14H15N3O. The number of rotatable bonds is 3. The third kappa shape index (κ3) is 2.14. The number of nitrogens with one attached hydrogen (secondary N) is 1. The molecule has 4 nitrogen and oxygen atoms in total. The van der Waals surface area contributed by atoms with E-state index in [1.165, 1.54) is 0 Å². The molecule has 0 spiro atoms. The van der Waals surface area contributed by atoms with Gasteiger partial charge in [-0.25, -0.2) is 4.68 Å². The largest absolute Gasteiger partial charge is 0.348 e. The molecule has 0 unspecified atom stereocenters. The fourth-order valence-electron chi connectivity index (χ4n) is 1.91. The van der Waals surface area contributed by atoms with Gasteiger partial charge in [-0.3, -0.25) is 4.79 Å². The monoisotopic (exact) mass is 241 g/mol. The van der Waals surface area contributed by atoms with E-state index >= 15 is 0 Å². The van der Waals surface area contributed by atoms with Crippen molar-refractivity contribution in [1.29, 1.82) is 0 Å². The second-order valence-corrected chi connectivity index (χ2v) is 4.67. The summed E-state index contributed by atoms with van der Waals surface area (Å²) in [6.45, 7) is 1.90. The van der Waals surface area contributed by atoms with Gasteiger partial charge in [0.05, 0.1) is 11.4 Å². The third-order valence-electron chi connectivity index (χ3n) is 2.98. The summed E-state index contributed by atoms with van der Waals surface area (Å²) >= 11 is 0. The second kappa shape index (κ2) is 4.29. The van der Waals surface area contributed by atoms with Crippen molar-refractivity contribution in [2.75, 3.05) is 0 Å². The van der Waals surface area contributed by atoms with Crippen molar-refractivity contribution < 1.29 is 4.79 Å². The molecule has 1 saturated carbocycles. The minimum Gasteiger partial charge on any atom is -0.348 e. The van der Waals surface area contributed by atoms with Crippen LogP contribution in [-0.4, -0.2) is 21.7 Å². The highest BCUT2D eigenvalue weighted by molar-refractivity contribution is 5.93. The molecule has 0 saturated heterocycles. The van der Waals surface area contributed by atoms with Crippen LogP contribution < -0.4 is 5.32 Å². The molecule has 1 aromatic heterocycles. The highest BCUT2D eigenvalue weighted by atomic mass is 16.2. The van der Waals surface area contributed by atoms with E-state index in [1.54, 1.807) is 4.68 Å². The number of aryl methyl sites for hydroxylation is 1. The van der Waals surface area contributed by atoms with Gasteiger partial charge in [0.2, 0.25) is 0 Å². The van der Waals surface area contributed by atoms with Gasteiger partial charge in [-0.2, -0.15) is 5.10 Å². The molecule has 3 rings (SSSR count). The zero-order valence-electron chi connectivity index (χ0n) is 10.3. The molecule has 1 N–H and O–H groups in total. The summed E-state index contributed by atoms with van der Waals surface area (Å²) in [5, 5.41) is 7.38. The molecule has 2 aromatic rings. The molecule has 1 heterocycles. The Labute approximate surface area is 106 Å². The predicted molar refractivity (Wildman–Crippen MR) is 68.8 cm³/mol. The lowest BCUT2D eigenvalue weighted by Gasteiger charge is -2.07. The van der Waals surface area contributed by atoms with Gasteiger partial charge < -0.3 is 5.32 Å². The quantitative estimate of drug-likeness (QED) is 0.894. The van der Waals surface area contributed by atoms with Crippen molar-refractivity contribution in [1.82, 2.24) is 15.1 Å². The minimum atomic E-state index is -0.0399. The maximum atomic E-state index is 12.1. The van der Waals surface area contributed by atoms with Gasteiger partial charge in [-0.1, -0.05) is 18.2 Å². The summed E-state index contributed by atoms with van der Waals surface area (Å²) < 4.78 is 1.70. The van der Waals surface area contributed by atoms with Crippen LogP contribution in [0.5, 0.6) is 0 Å². The Kier molecular flexibility index (Phi) is 2.63. The molecule has 1 amide bonds. The molecule has 1 fully saturated rings. The zero-order valence-corrected chi connectivity index (χ0v) is 10.3. The predicted octanol–water partition coefficient (Wildman–Crippen LogP) is 2.07. The van der Waals surface area contributed by atoms with E-state index in [9.17, 15) is 4.79 Å². The molecule has 1 aliphatic carbocycles. The number of benzene rings is 1. The Morgan fingerprint density at radius 1 is 1.33 bits per heavy atom. The van der Waals surface area contributed by atoms with Crippen molar-refractivity contribution >= 4 is 5.91 Å². The van der Waals surface area contributed by atoms with Crippen LogP contribution in [0.15, 0.2) is 36.4 Å². The standard InChI is InChI=1S/C14H15N3O/c1-10-9-13(14(18)15-11-7-8-11)17(16-10)12-5-3-2-4-6-12/h2-6,9,11H,7-8H2,1H3,(H,15,18). The van der Waals surface area contributed by atoms with Crippen LogP contribution in [0.25, 0.3) is 5.69 Å². The van der Waals surface area contributed by atoms with Crippen molar-refractivity contribution in [3.05, 3.63) is 47.8 Å². The lowest BCUT2D eigenvalue weighted by atomic mass is 10.3. The van der Waals surface area contributed by atoms with E-state index in [0.717, 1.165) is 24.2 Å². The van der Waals surface area contributed by atoms with Crippen LogP contribution in [0.2, 0.25) is 0 Å². The minimum absolute atomic E-state index is 0.0399. The van der Waals surface area contributed by atoms with E-state index in [-0.39, 0.29) is 5.91 Å². The Morgan fingerprint density at radius 3 is 2.72 bits per heavy atom. The number of nitrogens with zero attached hydrogens (tertiary/aromatic N) is 2. The van der Waals surface area contributed by atoms with Crippen molar-refractivity contribution in [3.8, 4) is 5.69 Å². The van der Waals surface area contributed by atoms with E-state index in [0.29, 0.717) is 11.7 Å². The lowest BCUT2D eigenvalue weighted by Crippen LogP contribution is -2.27. The summed E-state index contributed by atoms with van der Waals surface area (Å²) in [5.74, 6) is -0.0399. The maximum absolute atomic E-state index is 12.1. The molecule has 0 radical (unpaired) electrons. The third-order valence-corrected chi connectivity index (χ3v) is 2.98. The van der Waals surface area contributed by atoms with Gasteiger partial charge in [0.25, 0.3) is 5.91 Å². The average Bonchev–Trinajstić information content (AvgIpc) is 3.10. The normalized spacial score (nSPS) is 14.5. The highest BCUT2D eigenvalue weighted by Gasteiger charge is 2.25. The van der Waals surface area contributed by atoms with Gasteiger partial charge >= 0.3 is 0 Å². The van der Waals surface area contributed by atoms with E-state index in [4.69, 9.17) is 0 Å². The van der Waals surface area contributed by atoms with Gasteiger partial charge in [0.1, 0.15) is 5.69 Å². The van der Waals surface area contributed by atoms with Crippen molar-refractivity contribution in [3.63, 3.8) is 0 Å². The van der Waals surface area contributed by atoms with Crippen LogP contribution >= 0.6 is 0 Å². The first-order valence-electron chi connectivity index (χ1n) is 6.17. The Morgan fingerprint density at radius 2 is 2.06 bits per heavy atom. The number of amides is 1. The average molecular weight is 241 g/mol. The van der Waals surface area contributed by atoms with Gasteiger partial charge in [0.15, 0.2) is 0 Å². The maximum Gasteiger partial charge on any atom is 0.270 e. The number of hydrogen-bond donors (Lipinski definition) is 1. The summed E-state index contributed by atoms with van der Waals surface area (Å²) in [6.07, 6.45) is 2.17. The lowest BCUT2D eigenvalue weighted by molar-refractivity contribution is 0.0943. The molecule has 18 heavy (non-hydrogen) atoms. The van der Waals surface area contributed by atoms with Crippen LogP contribution in [0.3, 0.4) is 0 Å². The topological polar surface area (TPSA) is 46.9 Å². The number of aromatic nitrogens is 2. The molecule has 92 valence electrons. The van der Waals surface area contributed by atoms with Crippen LogP contribution in [-0.2, 0) is 0 Å². The van der Waals surface area contributed by atoms with Gasteiger partial charge in [-0.05, 0) is 38.0 Å². The number of carbonyl (C=O) groups excluding carboxylic acids is 1. The molecule has 0 aliphatic heterocycles. The molecule has 1 aliphatic rings. The Bertz CT molecular complexity index is 570. The molecule has 1 aromatic carbocycles. The van der Waals surface area contributed by atoms with Crippen molar-refractivity contribution in [2.45, 2.75) is 25.8 Å². The van der Waals surface area contributed by atoms with Crippen LogP contribution in [0.1, 0.15) is 29.0 Å². The van der Waals surface area contributed by atoms with Crippen LogP contribution in [0, 0.1) is 6.92 Å². The fraction of sp³-hybridized carbons (Fsp3) is 0.286. The van der Waals surface area contributed by atoms with E-state index in [2.05, 4.69) is 10.4 Å². The molecule has 0 bridgehead atoms. The first kappa shape index (κ1) is 11.0. The zero-order chi connectivity index (χ0) is 12.5. The smallest absolute Gasteiger partial charge is 0.270 e. The molecule has 4 heteroatoms. The summed E-state index contributed by atoms with van der Waals surface area (Å²) in [4.78, 5) is 12.1. The second-order valence-electron chi connectivity index (χ2n) is 4.67. The number of hydrogen-bond acceptors (Lipinski definition) is 2. The fourth-order valence-corrected chi connectivity index (χ4v) is 1.91. The Hall–Kier alpha value is -2.10. The van der Waals surface area contributed by atoms with E-state index < -0.39 is 0 Å².